The van der Waals surface area contributed by atoms with Crippen LogP contribution < -0.4 is 0 Å². The lowest BCUT2D eigenvalue weighted by Gasteiger charge is -2.31. The molecule has 1 aliphatic heterocycles. The summed E-state index contributed by atoms with van der Waals surface area (Å²) in [4.78, 5) is 10.6. The first-order chi connectivity index (χ1) is 9.29. The molecule has 1 aromatic carbocycles. The van der Waals surface area contributed by atoms with Gasteiger partial charge in [-0.1, -0.05) is 24.3 Å². The number of aromatic amines is 1. The molecular weight excluding hydrogens is 234 g/mol. The highest BCUT2D eigenvalue weighted by molar-refractivity contribution is 5.33. The second kappa shape index (κ2) is 4.20. The lowest BCUT2D eigenvalue weighted by atomic mass is 10.1. The molecule has 1 N–H and O–H groups in total. The van der Waals surface area contributed by atoms with Crippen LogP contribution in [0.15, 0.2) is 24.3 Å². The van der Waals surface area contributed by atoms with Gasteiger partial charge in [0.25, 0.3) is 0 Å². The maximum absolute atomic E-state index is 4.57. The van der Waals surface area contributed by atoms with Gasteiger partial charge in [-0.15, -0.1) is 0 Å². The monoisotopic (exact) mass is 253 g/mol. The Hall–Kier alpha value is -1.61. The molecule has 0 bridgehead atoms. The van der Waals surface area contributed by atoms with E-state index in [2.05, 4.69) is 39.1 Å². The number of aromatic nitrogens is 2. The molecule has 0 radical (unpaired) electrons. The van der Waals surface area contributed by atoms with Crippen molar-refractivity contribution in [3.63, 3.8) is 0 Å². The van der Waals surface area contributed by atoms with E-state index in [4.69, 9.17) is 0 Å². The fourth-order valence-electron chi connectivity index (χ4n) is 3.56. The number of hydrogen-bond acceptors (Lipinski definition) is 2. The number of nitrogens with one attached hydrogen (secondary N) is 1. The zero-order valence-corrected chi connectivity index (χ0v) is 11.3. The molecule has 0 saturated carbocycles. The van der Waals surface area contributed by atoms with E-state index in [1.54, 1.807) is 11.1 Å². The third-order valence-electron chi connectivity index (χ3n) is 4.53. The molecule has 0 atom stereocenters. The SMILES string of the molecule is Cc1nc2c([nH]1)CN(C1Cc3ccccc3C1)CC2. The van der Waals surface area contributed by atoms with Gasteiger partial charge in [-0.3, -0.25) is 4.90 Å². The molecule has 3 nitrogen and oxygen atoms in total. The van der Waals surface area contributed by atoms with Gasteiger partial charge in [0.15, 0.2) is 0 Å². The van der Waals surface area contributed by atoms with Crippen molar-refractivity contribution in [1.29, 1.82) is 0 Å². The third-order valence-corrected chi connectivity index (χ3v) is 4.53. The Labute approximate surface area is 113 Å². The fourth-order valence-corrected chi connectivity index (χ4v) is 3.56. The Balaban J connectivity index is 1.54. The van der Waals surface area contributed by atoms with Crippen molar-refractivity contribution in [2.24, 2.45) is 0 Å². The van der Waals surface area contributed by atoms with Crippen molar-refractivity contribution in [2.45, 2.75) is 38.8 Å². The van der Waals surface area contributed by atoms with Crippen molar-refractivity contribution in [1.82, 2.24) is 14.9 Å². The summed E-state index contributed by atoms with van der Waals surface area (Å²) >= 11 is 0. The van der Waals surface area contributed by atoms with E-state index < -0.39 is 0 Å². The molecule has 2 heterocycles. The lowest BCUT2D eigenvalue weighted by Crippen LogP contribution is -2.39. The molecule has 0 unspecified atom stereocenters. The van der Waals surface area contributed by atoms with Gasteiger partial charge in [0.2, 0.25) is 0 Å². The van der Waals surface area contributed by atoms with Gasteiger partial charge in [0.05, 0.1) is 11.4 Å². The largest absolute Gasteiger partial charge is 0.345 e. The van der Waals surface area contributed by atoms with Gasteiger partial charge < -0.3 is 4.98 Å². The van der Waals surface area contributed by atoms with E-state index in [9.17, 15) is 0 Å². The van der Waals surface area contributed by atoms with Crippen molar-refractivity contribution in [2.75, 3.05) is 6.54 Å². The van der Waals surface area contributed by atoms with Crippen LogP contribution in [-0.4, -0.2) is 27.5 Å². The Morgan fingerprint density at radius 2 is 1.95 bits per heavy atom. The Morgan fingerprint density at radius 3 is 2.68 bits per heavy atom. The normalized spacial score (nSPS) is 19.4. The van der Waals surface area contributed by atoms with E-state index in [0.29, 0.717) is 6.04 Å². The molecule has 0 fully saturated rings. The molecule has 0 amide bonds. The molecule has 4 rings (SSSR count). The highest BCUT2D eigenvalue weighted by Crippen LogP contribution is 2.28. The summed E-state index contributed by atoms with van der Waals surface area (Å²) in [5.74, 6) is 1.06. The lowest BCUT2D eigenvalue weighted by molar-refractivity contribution is 0.181. The zero-order valence-electron chi connectivity index (χ0n) is 11.3. The summed E-state index contributed by atoms with van der Waals surface area (Å²) in [5.41, 5.74) is 5.70. The summed E-state index contributed by atoms with van der Waals surface area (Å²) in [7, 11) is 0. The smallest absolute Gasteiger partial charge is 0.103 e. The molecule has 19 heavy (non-hydrogen) atoms. The van der Waals surface area contributed by atoms with Crippen molar-refractivity contribution in [3.05, 3.63) is 52.6 Å². The van der Waals surface area contributed by atoms with Gasteiger partial charge in [0.1, 0.15) is 5.82 Å². The van der Waals surface area contributed by atoms with Crippen molar-refractivity contribution >= 4 is 0 Å². The summed E-state index contributed by atoms with van der Waals surface area (Å²) in [6, 6.07) is 9.56. The molecule has 1 aliphatic carbocycles. The van der Waals surface area contributed by atoms with E-state index in [1.807, 2.05) is 6.92 Å². The predicted octanol–water partition coefficient (Wildman–Crippen LogP) is 2.24. The standard InChI is InChI=1S/C16H19N3/c1-11-17-15-6-7-19(10-16(15)18-11)14-8-12-4-2-3-5-13(12)9-14/h2-5,14H,6-10H2,1H3,(H,17,18). The van der Waals surface area contributed by atoms with Crippen LogP contribution in [0.1, 0.15) is 28.3 Å². The number of H-pyrrole nitrogens is 1. The number of aryl methyl sites for hydroxylation is 1. The molecular formula is C16H19N3. The Kier molecular flexibility index (Phi) is 2.49. The van der Waals surface area contributed by atoms with Crippen LogP contribution in [-0.2, 0) is 25.8 Å². The summed E-state index contributed by atoms with van der Waals surface area (Å²) < 4.78 is 0. The van der Waals surface area contributed by atoms with Crippen molar-refractivity contribution < 1.29 is 0 Å². The number of rotatable bonds is 1. The van der Waals surface area contributed by atoms with Crippen LogP contribution in [0, 0.1) is 6.92 Å². The number of fused-ring (bicyclic) bond motifs is 2. The Bertz CT molecular complexity index is 589. The second-order valence-corrected chi connectivity index (χ2v) is 5.80. The van der Waals surface area contributed by atoms with Crippen LogP contribution in [0.25, 0.3) is 0 Å². The van der Waals surface area contributed by atoms with Gasteiger partial charge in [-0.2, -0.15) is 0 Å². The first-order valence-electron chi connectivity index (χ1n) is 7.15. The molecule has 0 spiro atoms. The summed E-state index contributed by atoms with van der Waals surface area (Å²) in [6.07, 6.45) is 3.50. The maximum Gasteiger partial charge on any atom is 0.103 e. The average Bonchev–Trinajstić information content (AvgIpc) is 2.99. The van der Waals surface area contributed by atoms with Crippen LogP contribution >= 0.6 is 0 Å². The molecule has 2 aliphatic rings. The molecule has 0 saturated heterocycles. The van der Waals surface area contributed by atoms with E-state index >= 15 is 0 Å². The number of benzene rings is 1. The van der Waals surface area contributed by atoms with E-state index in [0.717, 1.165) is 25.3 Å². The fraction of sp³-hybridized carbons (Fsp3) is 0.438. The Morgan fingerprint density at radius 1 is 1.21 bits per heavy atom. The van der Waals surface area contributed by atoms with E-state index in [1.165, 1.54) is 24.2 Å². The van der Waals surface area contributed by atoms with Gasteiger partial charge in [0, 0.05) is 25.6 Å². The minimum Gasteiger partial charge on any atom is -0.345 e. The molecule has 98 valence electrons. The minimum atomic E-state index is 0.675. The zero-order chi connectivity index (χ0) is 12.8. The highest BCUT2D eigenvalue weighted by Gasteiger charge is 2.29. The third kappa shape index (κ3) is 1.89. The molecule has 3 heteroatoms. The number of nitrogens with zero attached hydrogens (tertiary/aromatic N) is 2. The van der Waals surface area contributed by atoms with Crippen LogP contribution in [0.4, 0.5) is 0 Å². The van der Waals surface area contributed by atoms with Gasteiger partial charge in [-0.05, 0) is 30.9 Å². The van der Waals surface area contributed by atoms with Crippen molar-refractivity contribution in [3.8, 4) is 0 Å². The van der Waals surface area contributed by atoms with Crippen LogP contribution in [0.5, 0.6) is 0 Å². The molecule has 2 aromatic rings. The summed E-state index contributed by atoms with van der Waals surface area (Å²) in [6.45, 7) is 4.23. The first kappa shape index (κ1) is 11.2. The predicted molar refractivity (Wildman–Crippen MR) is 75.1 cm³/mol. The van der Waals surface area contributed by atoms with Crippen LogP contribution in [0.3, 0.4) is 0 Å². The number of imidazole rings is 1. The van der Waals surface area contributed by atoms with E-state index in [-0.39, 0.29) is 0 Å². The minimum absolute atomic E-state index is 0.675. The second-order valence-electron chi connectivity index (χ2n) is 5.80. The number of hydrogen-bond donors (Lipinski definition) is 1. The van der Waals surface area contributed by atoms with Crippen LogP contribution in [0.2, 0.25) is 0 Å². The van der Waals surface area contributed by atoms with Gasteiger partial charge in [-0.25, -0.2) is 4.98 Å². The summed E-state index contributed by atoms with van der Waals surface area (Å²) in [5, 5.41) is 0. The average molecular weight is 253 g/mol. The molecule has 1 aromatic heterocycles. The topological polar surface area (TPSA) is 31.9 Å². The van der Waals surface area contributed by atoms with Gasteiger partial charge >= 0.3 is 0 Å². The maximum atomic E-state index is 4.57. The highest BCUT2D eigenvalue weighted by atomic mass is 15.2. The quantitative estimate of drug-likeness (QED) is 0.845. The first-order valence-corrected chi connectivity index (χ1v) is 7.15.